The fourth-order valence-corrected chi connectivity index (χ4v) is 3.43. The van der Waals surface area contributed by atoms with Gasteiger partial charge in [0.05, 0.1) is 22.7 Å². The summed E-state index contributed by atoms with van der Waals surface area (Å²) in [6, 6.07) is 13.4. The van der Waals surface area contributed by atoms with Crippen molar-refractivity contribution in [1.82, 2.24) is 5.32 Å². The Balaban J connectivity index is 1.66. The van der Waals surface area contributed by atoms with Crippen molar-refractivity contribution in [3.05, 3.63) is 54.1 Å². The number of carbonyl (C=O) groups excluding carboxylic acids is 2. The number of rotatable bonds is 7. The molecule has 1 saturated carbocycles. The maximum Gasteiger partial charge on any atom is 0.253 e. The molecule has 2 amide bonds. The van der Waals surface area contributed by atoms with Crippen LogP contribution in [0.3, 0.4) is 0 Å². The van der Waals surface area contributed by atoms with E-state index in [-0.39, 0.29) is 29.1 Å². The van der Waals surface area contributed by atoms with Gasteiger partial charge in [-0.3, -0.25) is 9.59 Å². The summed E-state index contributed by atoms with van der Waals surface area (Å²) in [5.74, 6) is -0.591. The van der Waals surface area contributed by atoms with Crippen molar-refractivity contribution in [3.63, 3.8) is 0 Å². The SMILES string of the molecule is CS(=O)(=O)c1ccccc1NC(=O)CNc1ccccc1C(=O)NC1CC1. The van der Waals surface area contributed by atoms with Crippen LogP contribution in [0, 0.1) is 0 Å². The molecule has 0 bridgehead atoms. The largest absolute Gasteiger partial charge is 0.376 e. The number of anilines is 2. The molecule has 7 nitrogen and oxygen atoms in total. The molecule has 0 radical (unpaired) electrons. The molecule has 2 aromatic carbocycles. The Hall–Kier alpha value is -2.87. The summed E-state index contributed by atoms with van der Waals surface area (Å²) in [6.07, 6.45) is 3.07. The predicted molar refractivity (Wildman–Crippen MR) is 104 cm³/mol. The Labute approximate surface area is 158 Å². The molecular weight excluding hydrogens is 366 g/mol. The molecule has 0 aromatic heterocycles. The molecule has 2 aromatic rings. The van der Waals surface area contributed by atoms with Crippen LogP contribution >= 0.6 is 0 Å². The first-order chi connectivity index (χ1) is 12.8. The van der Waals surface area contributed by atoms with Gasteiger partial charge in [-0.25, -0.2) is 8.42 Å². The summed E-state index contributed by atoms with van der Waals surface area (Å²) in [5, 5.41) is 8.46. The van der Waals surface area contributed by atoms with Crippen LogP contribution in [0.1, 0.15) is 23.2 Å². The zero-order valence-corrected chi connectivity index (χ0v) is 15.7. The maximum absolute atomic E-state index is 12.3. The first-order valence-electron chi connectivity index (χ1n) is 8.57. The number of benzene rings is 2. The van der Waals surface area contributed by atoms with E-state index in [0.717, 1.165) is 19.1 Å². The molecule has 0 unspecified atom stereocenters. The Morgan fingerprint density at radius 1 is 1.00 bits per heavy atom. The molecule has 142 valence electrons. The van der Waals surface area contributed by atoms with Crippen molar-refractivity contribution < 1.29 is 18.0 Å². The lowest BCUT2D eigenvalue weighted by Gasteiger charge is -2.13. The number of hydrogen-bond acceptors (Lipinski definition) is 5. The van der Waals surface area contributed by atoms with Gasteiger partial charge in [0.25, 0.3) is 5.91 Å². The van der Waals surface area contributed by atoms with Gasteiger partial charge in [0.2, 0.25) is 5.91 Å². The summed E-state index contributed by atoms with van der Waals surface area (Å²) < 4.78 is 23.6. The average molecular weight is 387 g/mol. The van der Waals surface area contributed by atoms with E-state index in [2.05, 4.69) is 16.0 Å². The van der Waals surface area contributed by atoms with Crippen molar-refractivity contribution in [2.75, 3.05) is 23.4 Å². The Morgan fingerprint density at radius 2 is 1.63 bits per heavy atom. The molecule has 0 saturated heterocycles. The van der Waals surface area contributed by atoms with Crippen LogP contribution < -0.4 is 16.0 Å². The first-order valence-corrected chi connectivity index (χ1v) is 10.5. The average Bonchev–Trinajstić information content (AvgIpc) is 3.43. The Bertz CT molecular complexity index is 968. The molecule has 8 heteroatoms. The van der Waals surface area contributed by atoms with E-state index in [0.29, 0.717) is 11.3 Å². The third kappa shape index (κ3) is 5.07. The molecule has 27 heavy (non-hydrogen) atoms. The fourth-order valence-electron chi connectivity index (χ4n) is 2.59. The van der Waals surface area contributed by atoms with E-state index in [4.69, 9.17) is 0 Å². The van der Waals surface area contributed by atoms with Crippen LogP contribution in [-0.4, -0.2) is 39.1 Å². The lowest BCUT2D eigenvalue weighted by atomic mass is 10.1. The third-order valence-corrected chi connectivity index (χ3v) is 5.24. The Morgan fingerprint density at radius 3 is 2.30 bits per heavy atom. The lowest BCUT2D eigenvalue weighted by Crippen LogP contribution is -2.28. The van der Waals surface area contributed by atoms with Crippen molar-refractivity contribution in [1.29, 1.82) is 0 Å². The lowest BCUT2D eigenvalue weighted by molar-refractivity contribution is -0.114. The van der Waals surface area contributed by atoms with Gasteiger partial charge in [0, 0.05) is 18.0 Å². The quantitative estimate of drug-likeness (QED) is 0.674. The molecular formula is C19H21N3O4S. The minimum absolute atomic E-state index is 0.0579. The maximum atomic E-state index is 12.3. The van der Waals surface area contributed by atoms with E-state index < -0.39 is 15.7 Å². The minimum Gasteiger partial charge on any atom is -0.376 e. The Kier molecular flexibility index (Phi) is 5.46. The van der Waals surface area contributed by atoms with Crippen LogP contribution in [0.4, 0.5) is 11.4 Å². The van der Waals surface area contributed by atoms with Crippen molar-refractivity contribution in [3.8, 4) is 0 Å². The van der Waals surface area contributed by atoms with Gasteiger partial charge in [-0.05, 0) is 37.1 Å². The summed E-state index contributed by atoms with van der Waals surface area (Å²) in [5.41, 5.74) is 1.24. The number of amides is 2. The smallest absolute Gasteiger partial charge is 0.253 e. The molecule has 1 fully saturated rings. The highest BCUT2D eigenvalue weighted by atomic mass is 32.2. The van der Waals surface area contributed by atoms with E-state index in [1.54, 1.807) is 36.4 Å². The van der Waals surface area contributed by atoms with Crippen LogP contribution in [0.2, 0.25) is 0 Å². The van der Waals surface area contributed by atoms with Crippen LogP contribution in [0.25, 0.3) is 0 Å². The summed E-state index contributed by atoms with van der Waals surface area (Å²) in [6.45, 7) is -0.105. The first kappa shape index (κ1) is 18.9. The van der Waals surface area contributed by atoms with E-state index in [1.165, 1.54) is 12.1 Å². The van der Waals surface area contributed by atoms with Gasteiger partial charge in [-0.1, -0.05) is 24.3 Å². The number of sulfone groups is 1. The standard InChI is InChI=1S/C19H21N3O4S/c1-27(25,26)17-9-5-4-8-16(17)22-18(23)12-20-15-7-3-2-6-14(15)19(24)21-13-10-11-13/h2-9,13,20H,10-12H2,1H3,(H,21,24)(H,22,23). The minimum atomic E-state index is -3.46. The van der Waals surface area contributed by atoms with Gasteiger partial charge in [-0.2, -0.15) is 0 Å². The topological polar surface area (TPSA) is 104 Å². The predicted octanol–water partition coefficient (Wildman–Crippen LogP) is 2.03. The molecule has 0 aliphatic heterocycles. The van der Waals surface area contributed by atoms with E-state index in [1.807, 2.05) is 0 Å². The molecule has 1 aliphatic carbocycles. The van der Waals surface area contributed by atoms with Crippen LogP contribution in [-0.2, 0) is 14.6 Å². The van der Waals surface area contributed by atoms with Gasteiger partial charge in [-0.15, -0.1) is 0 Å². The van der Waals surface area contributed by atoms with Gasteiger partial charge in [0.1, 0.15) is 0 Å². The van der Waals surface area contributed by atoms with Gasteiger partial charge >= 0.3 is 0 Å². The zero-order valence-electron chi connectivity index (χ0n) is 14.9. The van der Waals surface area contributed by atoms with Gasteiger partial charge in [0.15, 0.2) is 9.84 Å². The van der Waals surface area contributed by atoms with Crippen LogP contribution in [0.5, 0.6) is 0 Å². The zero-order chi connectivity index (χ0) is 19.4. The van der Waals surface area contributed by atoms with E-state index >= 15 is 0 Å². The second-order valence-corrected chi connectivity index (χ2v) is 8.45. The van der Waals surface area contributed by atoms with Gasteiger partial charge < -0.3 is 16.0 Å². The molecule has 1 aliphatic rings. The second kappa shape index (κ2) is 7.79. The highest BCUT2D eigenvalue weighted by Crippen LogP contribution is 2.22. The van der Waals surface area contributed by atoms with Crippen molar-refractivity contribution in [2.24, 2.45) is 0 Å². The normalized spacial score (nSPS) is 13.7. The summed E-state index contributed by atoms with van der Waals surface area (Å²) in [7, 11) is -3.46. The molecule has 3 rings (SSSR count). The monoisotopic (exact) mass is 387 g/mol. The highest BCUT2D eigenvalue weighted by molar-refractivity contribution is 7.90. The number of para-hydroxylation sites is 2. The van der Waals surface area contributed by atoms with Crippen molar-refractivity contribution >= 4 is 33.0 Å². The van der Waals surface area contributed by atoms with Crippen LogP contribution in [0.15, 0.2) is 53.4 Å². The summed E-state index contributed by atoms with van der Waals surface area (Å²) >= 11 is 0. The molecule has 0 spiro atoms. The van der Waals surface area contributed by atoms with Crippen molar-refractivity contribution in [2.45, 2.75) is 23.8 Å². The molecule has 0 atom stereocenters. The highest BCUT2D eigenvalue weighted by Gasteiger charge is 2.24. The summed E-state index contributed by atoms with van der Waals surface area (Å²) in [4.78, 5) is 24.6. The van der Waals surface area contributed by atoms with E-state index in [9.17, 15) is 18.0 Å². The number of hydrogen-bond donors (Lipinski definition) is 3. The fraction of sp³-hybridized carbons (Fsp3) is 0.263. The number of nitrogens with one attached hydrogen (secondary N) is 3. The number of carbonyl (C=O) groups is 2. The molecule has 0 heterocycles. The second-order valence-electron chi connectivity index (χ2n) is 6.46. The third-order valence-electron chi connectivity index (χ3n) is 4.08. The molecule has 3 N–H and O–H groups in total.